The summed E-state index contributed by atoms with van der Waals surface area (Å²) < 4.78 is 32.1. The highest BCUT2D eigenvalue weighted by molar-refractivity contribution is 7.89. The first-order valence-corrected chi connectivity index (χ1v) is 9.64. The summed E-state index contributed by atoms with van der Waals surface area (Å²) in [4.78, 5) is 14.7. The van der Waals surface area contributed by atoms with Gasteiger partial charge in [-0.25, -0.2) is 8.42 Å². The summed E-state index contributed by atoms with van der Waals surface area (Å²) in [5.41, 5.74) is 0.415. The average molecular weight is 390 g/mol. The van der Waals surface area contributed by atoms with Crippen LogP contribution in [0.4, 0.5) is 0 Å². The number of rotatable bonds is 3. The predicted octanol–water partition coefficient (Wildman–Crippen LogP) is 0.563. The van der Waals surface area contributed by atoms with Crippen molar-refractivity contribution in [2.24, 2.45) is 0 Å². The lowest BCUT2D eigenvalue weighted by atomic mass is 10.1. The molecular formula is C16H24ClN3O4S. The minimum absolute atomic E-state index is 0. The van der Waals surface area contributed by atoms with Crippen molar-refractivity contribution in [3.8, 4) is 0 Å². The van der Waals surface area contributed by atoms with Crippen molar-refractivity contribution in [2.75, 3.05) is 45.9 Å². The maximum absolute atomic E-state index is 12.7. The third kappa shape index (κ3) is 4.32. The monoisotopic (exact) mass is 389 g/mol. The molecule has 3 rings (SSSR count). The Morgan fingerprint density at radius 1 is 1.24 bits per heavy atom. The molecule has 1 aromatic carbocycles. The molecule has 1 aromatic rings. The van der Waals surface area contributed by atoms with Crippen LogP contribution in [0, 0.1) is 0 Å². The van der Waals surface area contributed by atoms with Gasteiger partial charge >= 0.3 is 0 Å². The number of halogens is 1. The molecule has 1 atom stereocenters. The van der Waals surface area contributed by atoms with Crippen LogP contribution in [0.5, 0.6) is 0 Å². The molecule has 0 bridgehead atoms. The van der Waals surface area contributed by atoms with E-state index in [9.17, 15) is 13.2 Å². The van der Waals surface area contributed by atoms with Gasteiger partial charge < -0.3 is 15.0 Å². The normalized spacial score (nSPS) is 22.3. The third-order valence-electron chi connectivity index (χ3n) is 4.45. The Labute approximate surface area is 154 Å². The molecule has 2 aliphatic rings. The molecule has 2 fully saturated rings. The summed E-state index contributed by atoms with van der Waals surface area (Å²) in [6.45, 7) is 5.59. The average Bonchev–Trinajstić information content (AvgIpc) is 2.62. The molecule has 1 N–H and O–H groups in total. The summed E-state index contributed by atoms with van der Waals surface area (Å²) in [7, 11) is -3.59. The smallest absolute Gasteiger partial charge is 0.254 e. The molecule has 0 unspecified atom stereocenters. The Balaban J connectivity index is 0.00000225. The number of morpholine rings is 1. The Bertz CT molecular complexity index is 707. The molecule has 0 saturated carbocycles. The fourth-order valence-electron chi connectivity index (χ4n) is 3.03. The minimum Gasteiger partial charge on any atom is -0.379 e. The first-order valence-electron chi connectivity index (χ1n) is 8.20. The molecule has 2 saturated heterocycles. The van der Waals surface area contributed by atoms with E-state index in [-0.39, 0.29) is 29.3 Å². The van der Waals surface area contributed by atoms with Crippen molar-refractivity contribution in [3.63, 3.8) is 0 Å². The second-order valence-corrected chi connectivity index (χ2v) is 8.03. The van der Waals surface area contributed by atoms with Crippen LogP contribution in [0.3, 0.4) is 0 Å². The SMILES string of the molecule is C[C@H]1CNCCN1C(=O)c1cccc(S(=O)(=O)N2CCOCC2)c1.Cl. The molecule has 25 heavy (non-hydrogen) atoms. The number of carbonyl (C=O) groups is 1. The Morgan fingerprint density at radius 3 is 2.64 bits per heavy atom. The number of hydrogen-bond acceptors (Lipinski definition) is 5. The van der Waals surface area contributed by atoms with E-state index < -0.39 is 10.0 Å². The van der Waals surface area contributed by atoms with E-state index in [1.807, 2.05) is 6.92 Å². The first-order chi connectivity index (χ1) is 11.5. The zero-order chi connectivity index (χ0) is 17.2. The lowest BCUT2D eigenvalue weighted by molar-refractivity contribution is 0.0655. The number of hydrogen-bond donors (Lipinski definition) is 1. The molecule has 7 nitrogen and oxygen atoms in total. The quantitative estimate of drug-likeness (QED) is 0.817. The lowest BCUT2D eigenvalue weighted by Crippen LogP contribution is -2.52. The number of piperazine rings is 1. The molecule has 0 aromatic heterocycles. The summed E-state index contributed by atoms with van der Waals surface area (Å²) >= 11 is 0. The zero-order valence-electron chi connectivity index (χ0n) is 14.2. The predicted molar refractivity (Wildman–Crippen MR) is 96.6 cm³/mol. The van der Waals surface area contributed by atoms with E-state index in [2.05, 4.69) is 5.32 Å². The highest BCUT2D eigenvalue weighted by Gasteiger charge is 2.28. The van der Waals surface area contributed by atoms with Crippen LogP contribution in [0.1, 0.15) is 17.3 Å². The number of amides is 1. The molecule has 9 heteroatoms. The standard InChI is InChI=1S/C16H23N3O4S.ClH/c1-13-12-17-5-6-19(13)16(20)14-3-2-4-15(11-14)24(21,22)18-7-9-23-10-8-18;/h2-4,11,13,17H,5-10,12H2,1H3;1H/t13-;/m0./s1. The largest absolute Gasteiger partial charge is 0.379 e. The molecule has 0 spiro atoms. The van der Waals surface area contributed by atoms with Gasteiger partial charge in [-0.3, -0.25) is 4.79 Å². The fraction of sp³-hybridized carbons (Fsp3) is 0.562. The van der Waals surface area contributed by atoms with Crippen LogP contribution >= 0.6 is 12.4 Å². The summed E-state index contributed by atoms with van der Waals surface area (Å²) in [5.74, 6) is -0.122. The molecule has 2 heterocycles. The summed E-state index contributed by atoms with van der Waals surface area (Å²) in [5, 5.41) is 3.24. The summed E-state index contributed by atoms with van der Waals surface area (Å²) in [6, 6.07) is 6.43. The van der Waals surface area contributed by atoms with E-state index in [4.69, 9.17) is 4.74 Å². The van der Waals surface area contributed by atoms with Crippen LogP contribution in [0.2, 0.25) is 0 Å². The van der Waals surface area contributed by atoms with Crippen LogP contribution in [-0.2, 0) is 14.8 Å². The topological polar surface area (TPSA) is 79.0 Å². The maximum atomic E-state index is 12.7. The van der Waals surface area contributed by atoms with Crippen molar-refractivity contribution in [2.45, 2.75) is 17.9 Å². The van der Waals surface area contributed by atoms with Gasteiger partial charge in [-0.05, 0) is 25.1 Å². The van der Waals surface area contributed by atoms with E-state index in [1.54, 1.807) is 23.1 Å². The van der Waals surface area contributed by atoms with Crippen LogP contribution in [0.15, 0.2) is 29.2 Å². The number of nitrogens with one attached hydrogen (secondary N) is 1. The van der Waals surface area contributed by atoms with E-state index >= 15 is 0 Å². The molecular weight excluding hydrogens is 366 g/mol. The first kappa shape index (κ1) is 20.1. The fourth-order valence-corrected chi connectivity index (χ4v) is 4.49. The molecule has 2 aliphatic heterocycles. The van der Waals surface area contributed by atoms with Crippen molar-refractivity contribution in [1.82, 2.24) is 14.5 Å². The molecule has 0 radical (unpaired) electrons. The number of ether oxygens (including phenoxy) is 1. The second-order valence-electron chi connectivity index (χ2n) is 6.10. The number of carbonyl (C=O) groups excluding carboxylic acids is 1. The molecule has 0 aliphatic carbocycles. The van der Waals surface area contributed by atoms with Crippen molar-refractivity contribution < 1.29 is 17.9 Å². The van der Waals surface area contributed by atoms with Gasteiger partial charge in [-0.2, -0.15) is 4.31 Å². The van der Waals surface area contributed by atoms with E-state index in [0.717, 1.165) is 13.1 Å². The van der Waals surface area contributed by atoms with Gasteiger partial charge in [-0.15, -0.1) is 12.4 Å². The van der Waals surface area contributed by atoms with Crippen molar-refractivity contribution in [3.05, 3.63) is 29.8 Å². The maximum Gasteiger partial charge on any atom is 0.254 e. The van der Waals surface area contributed by atoms with Crippen LogP contribution < -0.4 is 5.32 Å². The van der Waals surface area contributed by atoms with Crippen LogP contribution in [0.25, 0.3) is 0 Å². The Hall–Kier alpha value is -1.19. The summed E-state index contributed by atoms with van der Waals surface area (Å²) in [6.07, 6.45) is 0. The van der Waals surface area contributed by atoms with Gasteiger partial charge in [0.25, 0.3) is 5.91 Å². The Morgan fingerprint density at radius 2 is 1.96 bits per heavy atom. The van der Waals surface area contributed by atoms with Gasteiger partial charge in [0.05, 0.1) is 18.1 Å². The Kier molecular flexibility index (Phi) is 6.81. The van der Waals surface area contributed by atoms with Gasteiger partial charge in [0, 0.05) is 44.3 Å². The highest BCUT2D eigenvalue weighted by atomic mass is 35.5. The van der Waals surface area contributed by atoms with Crippen LogP contribution in [-0.4, -0.2) is 75.5 Å². The molecule has 140 valence electrons. The highest BCUT2D eigenvalue weighted by Crippen LogP contribution is 2.20. The van der Waals surface area contributed by atoms with Gasteiger partial charge in [0.2, 0.25) is 10.0 Å². The van der Waals surface area contributed by atoms with Crippen molar-refractivity contribution in [1.29, 1.82) is 0 Å². The van der Waals surface area contributed by atoms with Gasteiger partial charge in [0.1, 0.15) is 0 Å². The number of nitrogens with zero attached hydrogens (tertiary/aromatic N) is 2. The number of benzene rings is 1. The van der Waals surface area contributed by atoms with E-state index in [0.29, 0.717) is 38.4 Å². The minimum atomic E-state index is -3.59. The second kappa shape index (κ2) is 8.46. The zero-order valence-corrected chi connectivity index (χ0v) is 15.8. The van der Waals surface area contributed by atoms with Gasteiger partial charge in [0.15, 0.2) is 0 Å². The molecule has 1 amide bonds. The van der Waals surface area contributed by atoms with Gasteiger partial charge in [-0.1, -0.05) is 6.07 Å². The van der Waals surface area contributed by atoms with Crippen molar-refractivity contribution >= 4 is 28.3 Å². The van der Waals surface area contributed by atoms with E-state index in [1.165, 1.54) is 10.4 Å². The third-order valence-corrected chi connectivity index (χ3v) is 6.35. The lowest BCUT2D eigenvalue weighted by Gasteiger charge is -2.34. The number of sulfonamides is 1.